The fourth-order valence-electron chi connectivity index (χ4n) is 3.85. The summed E-state index contributed by atoms with van der Waals surface area (Å²) >= 11 is 0. The first-order valence-corrected chi connectivity index (χ1v) is 9.20. The highest BCUT2D eigenvalue weighted by atomic mass is 16.2. The van der Waals surface area contributed by atoms with E-state index in [0.29, 0.717) is 12.1 Å². The molecule has 2 aliphatic heterocycles. The molecule has 0 bridgehead atoms. The zero-order chi connectivity index (χ0) is 16.5. The van der Waals surface area contributed by atoms with Crippen LogP contribution in [0.25, 0.3) is 0 Å². The van der Waals surface area contributed by atoms with Gasteiger partial charge in [0.25, 0.3) is 0 Å². The molecule has 0 aromatic carbocycles. The molecule has 6 heteroatoms. The molecule has 1 N–H and O–H groups in total. The fourth-order valence-corrected chi connectivity index (χ4v) is 3.85. The van der Waals surface area contributed by atoms with E-state index in [1.165, 1.54) is 12.8 Å². The van der Waals surface area contributed by atoms with E-state index in [0.717, 1.165) is 50.6 Å². The van der Waals surface area contributed by atoms with Crippen molar-refractivity contribution in [3.05, 3.63) is 24.5 Å². The van der Waals surface area contributed by atoms with Gasteiger partial charge in [0.05, 0.1) is 17.9 Å². The van der Waals surface area contributed by atoms with Gasteiger partial charge < -0.3 is 10.2 Å². The van der Waals surface area contributed by atoms with E-state index in [1.807, 2.05) is 15.8 Å². The second kappa shape index (κ2) is 6.59. The highest BCUT2D eigenvalue weighted by molar-refractivity contribution is 5.89. The molecule has 1 atom stereocenters. The molecule has 6 nitrogen and oxygen atoms in total. The van der Waals surface area contributed by atoms with Gasteiger partial charge in [-0.1, -0.05) is 12.2 Å². The molecular formula is C18H27N5O. The van der Waals surface area contributed by atoms with Crippen LogP contribution in [0.4, 0.5) is 10.5 Å². The molecule has 1 aromatic rings. The number of urea groups is 1. The highest BCUT2D eigenvalue weighted by Gasteiger charge is 2.30. The average molecular weight is 329 g/mol. The molecule has 1 saturated carbocycles. The minimum Gasteiger partial charge on any atom is -0.324 e. The van der Waals surface area contributed by atoms with Crippen LogP contribution in [0.15, 0.2) is 24.5 Å². The third-order valence-electron chi connectivity index (χ3n) is 5.69. The van der Waals surface area contributed by atoms with Gasteiger partial charge in [-0.05, 0) is 38.5 Å². The van der Waals surface area contributed by atoms with Gasteiger partial charge in [0.15, 0.2) is 0 Å². The molecule has 24 heavy (non-hydrogen) atoms. The lowest BCUT2D eigenvalue weighted by molar-refractivity contribution is 0.144. The molecule has 2 amide bonds. The van der Waals surface area contributed by atoms with Crippen molar-refractivity contribution in [3.8, 4) is 0 Å². The maximum atomic E-state index is 12.5. The Morgan fingerprint density at radius 3 is 2.58 bits per heavy atom. The molecule has 0 spiro atoms. The number of amides is 2. The maximum Gasteiger partial charge on any atom is 0.321 e. The second-order valence-electron chi connectivity index (χ2n) is 7.36. The monoisotopic (exact) mass is 329 g/mol. The van der Waals surface area contributed by atoms with Gasteiger partial charge in [-0.3, -0.25) is 9.58 Å². The van der Waals surface area contributed by atoms with Crippen LogP contribution in [0.1, 0.15) is 38.6 Å². The van der Waals surface area contributed by atoms with E-state index in [4.69, 9.17) is 0 Å². The summed E-state index contributed by atoms with van der Waals surface area (Å²) < 4.78 is 1.99. The first-order chi connectivity index (χ1) is 11.7. The van der Waals surface area contributed by atoms with Crippen LogP contribution in [0.3, 0.4) is 0 Å². The number of aromatic nitrogens is 2. The molecule has 130 valence electrons. The van der Waals surface area contributed by atoms with Gasteiger partial charge in [-0.2, -0.15) is 5.10 Å². The zero-order valence-corrected chi connectivity index (χ0v) is 14.4. The molecule has 1 aromatic heterocycles. The normalized spacial score (nSPS) is 23.6. The van der Waals surface area contributed by atoms with Gasteiger partial charge in [-0.25, -0.2) is 4.79 Å². The summed E-state index contributed by atoms with van der Waals surface area (Å²) in [4.78, 5) is 16.9. The van der Waals surface area contributed by atoms with E-state index in [9.17, 15) is 4.79 Å². The second-order valence-corrected chi connectivity index (χ2v) is 7.36. The predicted octanol–water partition coefficient (Wildman–Crippen LogP) is 2.72. The quantitative estimate of drug-likeness (QED) is 0.864. The minimum atomic E-state index is 0.00613. The maximum absolute atomic E-state index is 12.5. The van der Waals surface area contributed by atoms with Crippen LogP contribution in [0.2, 0.25) is 0 Å². The van der Waals surface area contributed by atoms with Gasteiger partial charge >= 0.3 is 6.03 Å². The number of likely N-dealkylation sites (tertiary alicyclic amines) is 1. The van der Waals surface area contributed by atoms with Crippen molar-refractivity contribution in [2.24, 2.45) is 5.92 Å². The topological polar surface area (TPSA) is 53.4 Å². The third-order valence-corrected chi connectivity index (χ3v) is 5.69. The summed E-state index contributed by atoms with van der Waals surface area (Å²) in [5, 5.41) is 7.42. The van der Waals surface area contributed by atoms with Gasteiger partial charge in [-0.15, -0.1) is 0 Å². The number of piperidine rings is 1. The van der Waals surface area contributed by atoms with Crippen molar-refractivity contribution in [3.63, 3.8) is 0 Å². The Bertz CT molecular complexity index is 605. The smallest absolute Gasteiger partial charge is 0.321 e. The van der Waals surface area contributed by atoms with Crippen LogP contribution in [0.5, 0.6) is 0 Å². The molecular weight excluding hydrogens is 302 g/mol. The van der Waals surface area contributed by atoms with Crippen LogP contribution in [-0.4, -0.2) is 57.8 Å². The lowest BCUT2D eigenvalue weighted by atomic mass is 10.0. The van der Waals surface area contributed by atoms with Gasteiger partial charge in [0.1, 0.15) is 0 Å². The SMILES string of the molecule is C[C@@H](C1CC1)n1cc(NC(=O)N2CCC(N3CC=CC3)CC2)cn1. The minimum absolute atomic E-state index is 0.00613. The zero-order valence-electron chi connectivity index (χ0n) is 14.4. The molecule has 3 aliphatic rings. The Labute approximate surface area is 143 Å². The molecule has 0 unspecified atom stereocenters. The van der Waals surface area contributed by atoms with Crippen molar-refractivity contribution >= 4 is 11.7 Å². The number of nitrogens with zero attached hydrogens (tertiary/aromatic N) is 4. The number of rotatable bonds is 4. The van der Waals surface area contributed by atoms with Crippen molar-refractivity contribution in [2.75, 3.05) is 31.5 Å². The lowest BCUT2D eigenvalue weighted by Gasteiger charge is -2.36. The summed E-state index contributed by atoms with van der Waals surface area (Å²) in [7, 11) is 0. The van der Waals surface area contributed by atoms with E-state index < -0.39 is 0 Å². The summed E-state index contributed by atoms with van der Waals surface area (Å²) in [5.74, 6) is 0.757. The fraction of sp³-hybridized carbons (Fsp3) is 0.667. The molecule has 1 saturated heterocycles. The third kappa shape index (κ3) is 3.34. The lowest BCUT2D eigenvalue weighted by Crippen LogP contribution is -2.47. The van der Waals surface area contributed by atoms with Gasteiger partial charge in [0, 0.05) is 38.4 Å². The molecule has 4 rings (SSSR count). The Morgan fingerprint density at radius 1 is 1.21 bits per heavy atom. The van der Waals surface area contributed by atoms with E-state index in [-0.39, 0.29) is 6.03 Å². The number of carbonyl (C=O) groups excluding carboxylic acids is 1. The Hall–Kier alpha value is -1.82. The van der Waals surface area contributed by atoms with E-state index in [1.54, 1.807) is 6.20 Å². The first kappa shape index (κ1) is 15.7. The summed E-state index contributed by atoms with van der Waals surface area (Å²) in [6, 6.07) is 1.05. The highest BCUT2D eigenvalue weighted by Crippen LogP contribution is 2.39. The molecule has 2 fully saturated rings. The first-order valence-electron chi connectivity index (χ1n) is 9.20. The van der Waals surface area contributed by atoms with Crippen molar-refractivity contribution in [2.45, 2.75) is 44.7 Å². The number of anilines is 1. The Morgan fingerprint density at radius 2 is 1.92 bits per heavy atom. The van der Waals surface area contributed by atoms with Gasteiger partial charge in [0.2, 0.25) is 0 Å². The average Bonchev–Trinajstić information content (AvgIpc) is 3.10. The van der Waals surface area contributed by atoms with Crippen molar-refractivity contribution < 1.29 is 4.79 Å². The van der Waals surface area contributed by atoms with Crippen molar-refractivity contribution in [1.82, 2.24) is 19.6 Å². The van der Waals surface area contributed by atoms with E-state index >= 15 is 0 Å². The van der Waals surface area contributed by atoms with Crippen LogP contribution >= 0.6 is 0 Å². The number of nitrogens with one attached hydrogen (secondary N) is 1. The number of hydrogen-bond donors (Lipinski definition) is 1. The van der Waals surface area contributed by atoms with Crippen LogP contribution in [-0.2, 0) is 0 Å². The predicted molar refractivity (Wildman–Crippen MR) is 94.0 cm³/mol. The van der Waals surface area contributed by atoms with Crippen LogP contribution in [0, 0.1) is 5.92 Å². The Kier molecular flexibility index (Phi) is 4.31. The summed E-state index contributed by atoms with van der Waals surface area (Å²) in [5.41, 5.74) is 0.804. The Balaban J connectivity index is 1.27. The van der Waals surface area contributed by atoms with E-state index in [2.05, 4.69) is 34.4 Å². The standard InChI is InChI=1S/C18H27N5O/c1-14(15-4-5-15)23-13-16(12-19-23)20-18(24)22-10-6-17(7-11-22)21-8-2-3-9-21/h2-3,12-15,17H,4-11H2,1H3,(H,20,24)/t14-/m0/s1. The number of hydrogen-bond acceptors (Lipinski definition) is 3. The van der Waals surface area contributed by atoms with Crippen molar-refractivity contribution in [1.29, 1.82) is 0 Å². The molecule has 0 radical (unpaired) electrons. The number of carbonyl (C=O) groups is 1. The molecule has 1 aliphatic carbocycles. The largest absolute Gasteiger partial charge is 0.324 e. The van der Waals surface area contributed by atoms with Crippen LogP contribution < -0.4 is 5.32 Å². The summed E-state index contributed by atoms with van der Waals surface area (Å²) in [6.45, 7) is 6.00. The molecule has 3 heterocycles. The summed E-state index contributed by atoms with van der Waals surface area (Å²) in [6.07, 6.45) is 12.9.